The third-order valence-corrected chi connectivity index (χ3v) is 7.94. The van der Waals surface area contributed by atoms with Crippen molar-refractivity contribution in [1.82, 2.24) is 9.21 Å². The molecule has 7 heteroatoms. The van der Waals surface area contributed by atoms with Gasteiger partial charge in [0.15, 0.2) is 0 Å². The van der Waals surface area contributed by atoms with Crippen molar-refractivity contribution in [2.24, 2.45) is 11.8 Å². The third-order valence-electron chi connectivity index (χ3n) is 6.06. The van der Waals surface area contributed by atoms with Crippen LogP contribution in [0.25, 0.3) is 0 Å². The lowest BCUT2D eigenvalue weighted by Gasteiger charge is -2.45. The van der Waals surface area contributed by atoms with Crippen LogP contribution in [0.5, 0.6) is 0 Å². The number of hydrogen-bond donors (Lipinski definition) is 0. The standard InChI is InChI=1S/C17H29FN2O3S/c1-2-24(22,23)19-9-6-13(7-10-19)16-5-3-4-8-20(16)17(21)14-11-15(18)12-14/h13-16H,2-12H2,1H3. The molecule has 24 heavy (non-hydrogen) atoms. The molecule has 0 radical (unpaired) electrons. The monoisotopic (exact) mass is 360 g/mol. The summed E-state index contributed by atoms with van der Waals surface area (Å²) >= 11 is 0. The van der Waals surface area contributed by atoms with E-state index in [9.17, 15) is 17.6 Å². The van der Waals surface area contributed by atoms with E-state index in [-0.39, 0.29) is 23.6 Å². The number of alkyl halides is 1. The van der Waals surface area contributed by atoms with Gasteiger partial charge in [0, 0.05) is 31.6 Å². The Kier molecular flexibility index (Phi) is 5.49. The Morgan fingerprint density at radius 3 is 2.33 bits per heavy atom. The van der Waals surface area contributed by atoms with E-state index in [4.69, 9.17) is 0 Å². The summed E-state index contributed by atoms with van der Waals surface area (Å²) in [5.74, 6) is 0.537. The van der Waals surface area contributed by atoms with Crippen LogP contribution < -0.4 is 0 Å². The van der Waals surface area contributed by atoms with Crippen molar-refractivity contribution < 1.29 is 17.6 Å². The van der Waals surface area contributed by atoms with Crippen LogP contribution in [0, 0.1) is 11.8 Å². The van der Waals surface area contributed by atoms with E-state index in [2.05, 4.69) is 0 Å². The molecule has 3 fully saturated rings. The van der Waals surface area contributed by atoms with E-state index >= 15 is 0 Å². The predicted octanol–water partition coefficient (Wildman–Crippen LogP) is 2.18. The minimum Gasteiger partial charge on any atom is -0.339 e. The van der Waals surface area contributed by atoms with Crippen molar-refractivity contribution in [2.75, 3.05) is 25.4 Å². The average Bonchev–Trinajstić information content (AvgIpc) is 2.58. The zero-order valence-electron chi connectivity index (χ0n) is 14.5. The van der Waals surface area contributed by atoms with Gasteiger partial charge in [0.05, 0.1) is 5.75 Å². The molecule has 138 valence electrons. The molecule has 1 aliphatic carbocycles. The Morgan fingerprint density at radius 2 is 1.75 bits per heavy atom. The van der Waals surface area contributed by atoms with E-state index < -0.39 is 16.2 Å². The predicted molar refractivity (Wildman–Crippen MR) is 90.7 cm³/mol. The second-order valence-corrected chi connectivity index (χ2v) is 9.75. The first kappa shape index (κ1) is 18.1. The molecule has 5 nitrogen and oxygen atoms in total. The van der Waals surface area contributed by atoms with Gasteiger partial charge in [-0.3, -0.25) is 4.79 Å². The smallest absolute Gasteiger partial charge is 0.226 e. The van der Waals surface area contributed by atoms with Crippen molar-refractivity contribution in [1.29, 1.82) is 0 Å². The van der Waals surface area contributed by atoms with Crippen LogP contribution >= 0.6 is 0 Å². The van der Waals surface area contributed by atoms with E-state index in [1.165, 1.54) is 0 Å². The largest absolute Gasteiger partial charge is 0.339 e. The van der Waals surface area contributed by atoms with Gasteiger partial charge >= 0.3 is 0 Å². The summed E-state index contributed by atoms with van der Waals surface area (Å²) in [5.41, 5.74) is 0. The number of likely N-dealkylation sites (tertiary alicyclic amines) is 1. The van der Waals surface area contributed by atoms with E-state index in [1.807, 2.05) is 4.90 Å². The molecule has 2 heterocycles. The molecule has 0 aromatic rings. The van der Waals surface area contributed by atoms with Crippen molar-refractivity contribution in [3.63, 3.8) is 0 Å². The summed E-state index contributed by atoms with van der Waals surface area (Å²) in [4.78, 5) is 14.7. The maximum absolute atomic E-state index is 13.1. The molecule has 0 bridgehead atoms. The summed E-state index contributed by atoms with van der Waals surface area (Å²) in [6.45, 7) is 3.59. The van der Waals surface area contributed by atoms with Gasteiger partial charge in [0.2, 0.25) is 15.9 Å². The van der Waals surface area contributed by atoms with Gasteiger partial charge in [-0.15, -0.1) is 0 Å². The molecular weight excluding hydrogens is 331 g/mol. The Balaban J connectivity index is 1.61. The highest BCUT2D eigenvalue weighted by atomic mass is 32.2. The molecule has 0 aromatic heterocycles. The molecule has 3 rings (SSSR count). The molecule has 2 saturated heterocycles. The number of carbonyl (C=O) groups excluding carboxylic acids is 1. The first-order valence-electron chi connectivity index (χ1n) is 9.34. The SMILES string of the molecule is CCS(=O)(=O)N1CCC(C2CCCCN2C(=O)C2CC(F)C2)CC1. The highest BCUT2D eigenvalue weighted by Gasteiger charge is 2.42. The van der Waals surface area contributed by atoms with Crippen LogP contribution in [0.2, 0.25) is 0 Å². The summed E-state index contributed by atoms with van der Waals surface area (Å²) in [6.07, 6.45) is 4.76. The molecule has 1 amide bonds. The molecule has 1 saturated carbocycles. The van der Waals surface area contributed by atoms with Crippen LogP contribution in [0.1, 0.15) is 51.9 Å². The van der Waals surface area contributed by atoms with Crippen molar-refractivity contribution >= 4 is 15.9 Å². The Morgan fingerprint density at radius 1 is 1.08 bits per heavy atom. The van der Waals surface area contributed by atoms with Crippen LogP contribution in [-0.4, -0.2) is 61.1 Å². The van der Waals surface area contributed by atoms with Gasteiger partial charge in [-0.05, 0) is 57.8 Å². The highest BCUT2D eigenvalue weighted by molar-refractivity contribution is 7.89. The fourth-order valence-corrected chi connectivity index (χ4v) is 5.56. The molecule has 1 atom stereocenters. The highest BCUT2D eigenvalue weighted by Crippen LogP contribution is 2.36. The summed E-state index contributed by atoms with van der Waals surface area (Å²) in [7, 11) is -3.11. The van der Waals surface area contributed by atoms with Gasteiger partial charge in [-0.25, -0.2) is 17.1 Å². The van der Waals surface area contributed by atoms with Crippen LogP contribution in [0.3, 0.4) is 0 Å². The second kappa shape index (κ2) is 7.28. The summed E-state index contributed by atoms with van der Waals surface area (Å²) in [6, 6.07) is 0.219. The molecular formula is C17H29FN2O3S. The minimum atomic E-state index is -3.11. The second-order valence-electron chi connectivity index (χ2n) is 7.50. The molecule has 0 spiro atoms. The van der Waals surface area contributed by atoms with Gasteiger partial charge in [0.1, 0.15) is 6.17 Å². The molecule has 3 aliphatic rings. The number of amides is 1. The van der Waals surface area contributed by atoms with Gasteiger partial charge in [-0.1, -0.05) is 0 Å². The van der Waals surface area contributed by atoms with Gasteiger partial charge < -0.3 is 4.90 Å². The topological polar surface area (TPSA) is 57.7 Å². The first-order chi connectivity index (χ1) is 11.4. The molecule has 0 N–H and O–H groups in total. The Labute approximate surface area is 144 Å². The number of hydrogen-bond acceptors (Lipinski definition) is 3. The first-order valence-corrected chi connectivity index (χ1v) is 11.0. The van der Waals surface area contributed by atoms with E-state index in [1.54, 1.807) is 11.2 Å². The van der Waals surface area contributed by atoms with Crippen LogP contribution in [0.4, 0.5) is 4.39 Å². The van der Waals surface area contributed by atoms with Gasteiger partial charge in [0.25, 0.3) is 0 Å². The third kappa shape index (κ3) is 3.62. The van der Waals surface area contributed by atoms with Crippen molar-refractivity contribution in [2.45, 2.75) is 64.1 Å². The Bertz CT molecular complexity index is 554. The van der Waals surface area contributed by atoms with Crippen LogP contribution in [0.15, 0.2) is 0 Å². The number of carbonyl (C=O) groups is 1. The molecule has 1 unspecified atom stereocenters. The van der Waals surface area contributed by atoms with E-state index in [0.29, 0.717) is 31.8 Å². The summed E-state index contributed by atoms with van der Waals surface area (Å²) < 4.78 is 38.7. The number of piperidine rings is 2. The number of sulfonamides is 1. The van der Waals surface area contributed by atoms with Gasteiger partial charge in [-0.2, -0.15) is 0 Å². The summed E-state index contributed by atoms with van der Waals surface area (Å²) in [5, 5.41) is 0. The fraction of sp³-hybridized carbons (Fsp3) is 0.941. The minimum absolute atomic E-state index is 0.124. The zero-order valence-corrected chi connectivity index (χ0v) is 15.3. The lowest BCUT2D eigenvalue weighted by molar-refractivity contribution is -0.146. The zero-order chi connectivity index (χ0) is 17.3. The van der Waals surface area contributed by atoms with E-state index in [0.717, 1.165) is 38.6 Å². The lowest BCUT2D eigenvalue weighted by atomic mass is 9.79. The molecule has 2 aliphatic heterocycles. The normalized spacial score (nSPS) is 33.2. The molecule has 0 aromatic carbocycles. The fourth-order valence-electron chi connectivity index (χ4n) is 4.43. The Hall–Kier alpha value is -0.690. The maximum atomic E-state index is 13.1. The maximum Gasteiger partial charge on any atom is 0.226 e. The lowest BCUT2D eigenvalue weighted by Crippen LogP contribution is -2.54. The quantitative estimate of drug-likeness (QED) is 0.772. The van der Waals surface area contributed by atoms with Crippen molar-refractivity contribution in [3.8, 4) is 0 Å². The number of rotatable bonds is 4. The van der Waals surface area contributed by atoms with Crippen molar-refractivity contribution in [3.05, 3.63) is 0 Å². The number of nitrogens with zero attached hydrogens (tertiary/aromatic N) is 2. The average molecular weight is 360 g/mol. The van der Waals surface area contributed by atoms with Crippen LogP contribution in [-0.2, 0) is 14.8 Å². The number of halogens is 1.